The van der Waals surface area contributed by atoms with E-state index in [4.69, 9.17) is 14.9 Å². The summed E-state index contributed by atoms with van der Waals surface area (Å²) >= 11 is 0. The number of carbonyl (C=O) groups is 3. The van der Waals surface area contributed by atoms with Crippen molar-refractivity contribution < 1.29 is 23.5 Å². The molecule has 2 aliphatic heterocycles. The highest BCUT2D eigenvalue weighted by Crippen LogP contribution is 2.56. The minimum atomic E-state index is -1.81. The molecule has 2 atom stereocenters. The first kappa shape index (κ1) is 18.9. The van der Waals surface area contributed by atoms with E-state index in [0.717, 1.165) is 4.90 Å². The number of benzene rings is 1. The fourth-order valence-electron chi connectivity index (χ4n) is 4.92. The molecule has 8 nitrogen and oxygen atoms in total. The van der Waals surface area contributed by atoms with Crippen molar-refractivity contribution in [3.63, 3.8) is 0 Å². The van der Waals surface area contributed by atoms with E-state index in [9.17, 15) is 19.6 Å². The molecule has 0 saturated carbocycles. The number of amides is 2. The van der Waals surface area contributed by atoms with Crippen LogP contribution in [0.25, 0.3) is 0 Å². The number of furan rings is 1. The number of para-hydroxylation sites is 1. The number of hydrogen-bond donors (Lipinski definition) is 1. The molecule has 2 aromatic rings. The summed E-state index contributed by atoms with van der Waals surface area (Å²) in [6.45, 7) is 1.26. The van der Waals surface area contributed by atoms with Crippen LogP contribution >= 0.6 is 0 Å². The molecule has 2 amide bonds. The third-order valence-corrected chi connectivity index (χ3v) is 6.10. The second-order valence-electron chi connectivity index (χ2n) is 7.72. The molecule has 31 heavy (non-hydrogen) atoms. The van der Waals surface area contributed by atoms with Crippen LogP contribution in [0.5, 0.6) is 0 Å². The number of imide groups is 1. The van der Waals surface area contributed by atoms with Crippen molar-refractivity contribution in [1.82, 2.24) is 0 Å². The third-order valence-electron chi connectivity index (χ3n) is 6.10. The summed E-state index contributed by atoms with van der Waals surface area (Å²) in [6, 6.07) is 12.1. The Kier molecular flexibility index (Phi) is 3.92. The summed E-state index contributed by atoms with van der Waals surface area (Å²) in [5, 5.41) is 9.96. The van der Waals surface area contributed by atoms with Gasteiger partial charge in [-0.15, -0.1) is 0 Å². The lowest BCUT2D eigenvalue weighted by atomic mass is 9.64. The molecule has 1 aromatic heterocycles. The highest BCUT2D eigenvalue weighted by molar-refractivity contribution is 6.28. The van der Waals surface area contributed by atoms with E-state index in [2.05, 4.69) is 0 Å². The van der Waals surface area contributed by atoms with Gasteiger partial charge < -0.3 is 14.9 Å². The van der Waals surface area contributed by atoms with E-state index in [1.807, 2.05) is 6.07 Å². The second kappa shape index (κ2) is 6.44. The van der Waals surface area contributed by atoms with E-state index in [1.165, 1.54) is 13.2 Å². The van der Waals surface area contributed by atoms with Crippen LogP contribution in [0.1, 0.15) is 37.0 Å². The number of carbonyl (C=O) groups excluding carboxylic acids is 3. The van der Waals surface area contributed by atoms with Crippen LogP contribution in [0.3, 0.4) is 0 Å². The van der Waals surface area contributed by atoms with E-state index < -0.39 is 17.2 Å². The lowest BCUT2D eigenvalue weighted by Gasteiger charge is -2.38. The van der Waals surface area contributed by atoms with Crippen molar-refractivity contribution in [2.24, 2.45) is 5.73 Å². The molecule has 3 heterocycles. The summed E-state index contributed by atoms with van der Waals surface area (Å²) in [7, 11) is 0. The molecule has 1 aliphatic carbocycles. The van der Waals surface area contributed by atoms with Crippen molar-refractivity contribution in [3.8, 4) is 6.07 Å². The van der Waals surface area contributed by atoms with Crippen LogP contribution in [-0.2, 0) is 24.5 Å². The van der Waals surface area contributed by atoms with Gasteiger partial charge in [-0.2, -0.15) is 5.26 Å². The molecule has 0 bridgehead atoms. The molecular formula is C23H17N3O5. The SMILES string of the molecule is CC(=O)N1C(=O)[C@@]2(C(C#N)=C(N)OC3=C2C(=O)C[C@@H](c2ccco2)C3)c2ccccc21. The van der Waals surface area contributed by atoms with E-state index in [-0.39, 0.29) is 47.3 Å². The maximum absolute atomic E-state index is 13.8. The molecule has 0 radical (unpaired) electrons. The van der Waals surface area contributed by atoms with Gasteiger partial charge in [-0.25, -0.2) is 4.90 Å². The van der Waals surface area contributed by atoms with Gasteiger partial charge in [0.15, 0.2) is 5.78 Å². The highest BCUT2D eigenvalue weighted by atomic mass is 16.5. The number of hydrogen-bond acceptors (Lipinski definition) is 7. The normalized spacial score (nSPS) is 24.8. The molecule has 2 N–H and O–H groups in total. The predicted molar refractivity (Wildman–Crippen MR) is 107 cm³/mol. The van der Waals surface area contributed by atoms with E-state index >= 15 is 0 Å². The van der Waals surface area contributed by atoms with Gasteiger partial charge in [0.25, 0.3) is 5.91 Å². The predicted octanol–water partition coefficient (Wildman–Crippen LogP) is 2.54. The number of nitriles is 1. The molecule has 3 aliphatic rings. The maximum Gasteiger partial charge on any atom is 0.254 e. The van der Waals surface area contributed by atoms with Crippen molar-refractivity contribution in [2.45, 2.75) is 31.1 Å². The molecule has 0 fully saturated rings. The van der Waals surface area contributed by atoms with Gasteiger partial charge in [0.2, 0.25) is 11.8 Å². The van der Waals surface area contributed by atoms with Gasteiger partial charge in [-0.05, 0) is 18.2 Å². The zero-order valence-electron chi connectivity index (χ0n) is 16.5. The van der Waals surface area contributed by atoms with Crippen molar-refractivity contribution in [2.75, 3.05) is 4.90 Å². The summed E-state index contributed by atoms with van der Waals surface area (Å²) in [5.41, 5.74) is 4.89. The van der Waals surface area contributed by atoms with Crippen molar-refractivity contribution >= 4 is 23.3 Å². The minimum absolute atomic E-state index is 0.0715. The topological polar surface area (TPSA) is 127 Å². The Morgan fingerprint density at radius 2 is 2.00 bits per heavy atom. The molecule has 154 valence electrons. The highest BCUT2D eigenvalue weighted by Gasteiger charge is 2.63. The number of Topliss-reactive ketones (excluding diaryl/α,β-unsaturated/α-hetero) is 1. The molecule has 8 heteroatoms. The zero-order chi connectivity index (χ0) is 21.9. The Balaban J connectivity index is 1.80. The Bertz CT molecular complexity index is 1260. The van der Waals surface area contributed by atoms with E-state index in [0.29, 0.717) is 17.0 Å². The standard InChI is InChI=1S/C23H17N3O5/c1-12(27)26-16-6-3-2-5-14(16)23(22(26)29)15(11-24)21(25)31-19-10-13(9-17(28)20(19)23)18-7-4-8-30-18/h2-8,13H,9-10,25H2,1H3/t13-,23-/m1/s1. The summed E-state index contributed by atoms with van der Waals surface area (Å²) in [4.78, 5) is 40.7. The van der Waals surface area contributed by atoms with Crippen LogP contribution < -0.4 is 10.6 Å². The number of ether oxygens (including phenoxy) is 1. The fraction of sp³-hybridized carbons (Fsp3) is 0.217. The Hall–Kier alpha value is -4.12. The van der Waals surface area contributed by atoms with Gasteiger partial charge >= 0.3 is 0 Å². The molecule has 1 aromatic carbocycles. The summed E-state index contributed by atoms with van der Waals surface area (Å²) in [6.07, 6.45) is 1.87. The first-order valence-electron chi connectivity index (χ1n) is 9.74. The van der Waals surface area contributed by atoms with Crippen LogP contribution in [0.15, 0.2) is 69.9 Å². The van der Waals surface area contributed by atoms with Gasteiger partial charge in [0.1, 0.15) is 28.6 Å². The smallest absolute Gasteiger partial charge is 0.254 e. The average Bonchev–Trinajstić information content (AvgIpc) is 3.34. The number of rotatable bonds is 1. The number of nitrogens with two attached hydrogens (primary N) is 1. The summed E-state index contributed by atoms with van der Waals surface area (Å²) < 4.78 is 11.2. The van der Waals surface area contributed by atoms with Gasteiger partial charge in [-0.3, -0.25) is 14.4 Å². The third kappa shape index (κ3) is 2.31. The van der Waals surface area contributed by atoms with Crippen LogP contribution in [0.4, 0.5) is 5.69 Å². The lowest BCUT2D eigenvalue weighted by molar-refractivity contribution is -0.128. The molecule has 1 spiro atoms. The van der Waals surface area contributed by atoms with Gasteiger partial charge in [0, 0.05) is 31.2 Å². The Morgan fingerprint density at radius 1 is 1.23 bits per heavy atom. The molecule has 0 unspecified atom stereocenters. The first-order valence-corrected chi connectivity index (χ1v) is 9.74. The summed E-state index contributed by atoms with van der Waals surface area (Å²) in [5.74, 6) is -1.25. The molecule has 0 saturated heterocycles. The second-order valence-corrected chi connectivity index (χ2v) is 7.72. The Labute approximate surface area is 177 Å². The number of fused-ring (bicyclic) bond motifs is 3. The first-order chi connectivity index (χ1) is 14.9. The largest absolute Gasteiger partial charge is 0.469 e. The molecule has 5 rings (SSSR count). The number of nitrogens with zero attached hydrogens (tertiary/aromatic N) is 2. The van der Waals surface area contributed by atoms with Gasteiger partial charge in [-0.1, -0.05) is 18.2 Å². The minimum Gasteiger partial charge on any atom is -0.469 e. The lowest BCUT2D eigenvalue weighted by Crippen LogP contribution is -2.50. The average molecular weight is 415 g/mol. The maximum atomic E-state index is 13.8. The number of ketones is 1. The van der Waals surface area contributed by atoms with Crippen molar-refractivity contribution in [1.29, 1.82) is 5.26 Å². The molecular weight excluding hydrogens is 398 g/mol. The number of allylic oxidation sites excluding steroid dienone is 1. The zero-order valence-corrected chi connectivity index (χ0v) is 16.5. The van der Waals surface area contributed by atoms with Crippen LogP contribution in [-0.4, -0.2) is 17.6 Å². The van der Waals surface area contributed by atoms with Crippen LogP contribution in [0.2, 0.25) is 0 Å². The van der Waals surface area contributed by atoms with Crippen molar-refractivity contribution in [3.05, 3.63) is 76.8 Å². The van der Waals surface area contributed by atoms with E-state index in [1.54, 1.807) is 36.4 Å². The quantitative estimate of drug-likeness (QED) is 0.758. The fourth-order valence-corrected chi connectivity index (χ4v) is 4.92. The Morgan fingerprint density at radius 3 is 2.68 bits per heavy atom. The number of anilines is 1. The van der Waals surface area contributed by atoms with Crippen LogP contribution in [0, 0.1) is 11.3 Å². The monoisotopic (exact) mass is 415 g/mol. The van der Waals surface area contributed by atoms with Gasteiger partial charge in [0.05, 0.1) is 17.5 Å².